The SMILES string of the molecule is O=C(Nc1cnn(-c2ccccn2)c1)N[C@H]1CCO[C@H](C2CC2)C1. The summed E-state index contributed by atoms with van der Waals surface area (Å²) in [6.45, 7) is 0.726. The van der Waals surface area contributed by atoms with Crippen LogP contribution in [0.3, 0.4) is 0 Å². The Bertz CT molecular complexity index is 698. The number of nitrogens with one attached hydrogen (secondary N) is 2. The molecule has 2 aliphatic rings. The van der Waals surface area contributed by atoms with E-state index in [2.05, 4.69) is 20.7 Å². The zero-order chi connectivity index (χ0) is 16.4. The number of aromatic nitrogens is 3. The molecule has 1 saturated heterocycles. The Labute approximate surface area is 140 Å². The summed E-state index contributed by atoms with van der Waals surface area (Å²) in [6.07, 6.45) is 9.68. The second kappa shape index (κ2) is 6.60. The van der Waals surface area contributed by atoms with Crippen molar-refractivity contribution in [2.75, 3.05) is 11.9 Å². The van der Waals surface area contributed by atoms with Crippen LogP contribution in [0.2, 0.25) is 0 Å². The van der Waals surface area contributed by atoms with Gasteiger partial charge in [0, 0.05) is 18.8 Å². The number of nitrogens with zero attached hydrogens (tertiary/aromatic N) is 3. The van der Waals surface area contributed by atoms with Gasteiger partial charge in [0.1, 0.15) is 0 Å². The number of rotatable bonds is 4. The van der Waals surface area contributed by atoms with Crippen LogP contribution >= 0.6 is 0 Å². The molecule has 0 bridgehead atoms. The van der Waals surface area contributed by atoms with Crippen LogP contribution in [0.15, 0.2) is 36.8 Å². The third-order valence-electron chi connectivity index (χ3n) is 4.52. The van der Waals surface area contributed by atoms with Gasteiger partial charge >= 0.3 is 6.03 Å². The van der Waals surface area contributed by atoms with Gasteiger partial charge in [-0.2, -0.15) is 5.10 Å². The number of urea groups is 1. The Hall–Kier alpha value is -2.41. The fourth-order valence-electron chi connectivity index (χ4n) is 3.11. The fraction of sp³-hybridized carbons (Fsp3) is 0.471. The van der Waals surface area contributed by atoms with Crippen LogP contribution in [0.5, 0.6) is 0 Å². The first-order chi connectivity index (χ1) is 11.8. The van der Waals surface area contributed by atoms with E-state index in [0.29, 0.717) is 23.5 Å². The monoisotopic (exact) mass is 327 g/mol. The normalized spacial score (nSPS) is 23.7. The van der Waals surface area contributed by atoms with Crippen LogP contribution in [0.1, 0.15) is 25.7 Å². The maximum Gasteiger partial charge on any atom is 0.319 e. The van der Waals surface area contributed by atoms with Crippen LogP contribution in [0.25, 0.3) is 5.82 Å². The van der Waals surface area contributed by atoms with Crippen molar-refractivity contribution in [1.82, 2.24) is 20.1 Å². The number of hydrogen-bond donors (Lipinski definition) is 2. The third kappa shape index (κ3) is 3.56. The fourth-order valence-corrected chi connectivity index (χ4v) is 3.11. The summed E-state index contributed by atoms with van der Waals surface area (Å²) in [5.41, 5.74) is 0.643. The lowest BCUT2D eigenvalue weighted by molar-refractivity contribution is -0.00889. The quantitative estimate of drug-likeness (QED) is 0.903. The second-order valence-electron chi connectivity index (χ2n) is 6.43. The molecule has 0 aromatic carbocycles. The van der Waals surface area contributed by atoms with Crippen LogP contribution in [-0.2, 0) is 4.74 Å². The predicted molar refractivity (Wildman–Crippen MR) is 89.0 cm³/mol. The summed E-state index contributed by atoms with van der Waals surface area (Å²) < 4.78 is 7.42. The smallest absolute Gasteiger partial charge is 0.319 e. The van der Waals surface area contributed by atoms with E-state index in [1.54, 1.807) is 23.3 Å². The Balaban J connectivity index is 1.32. The summed E-state index contributed by atoms with van der Waals surface area (Å²) >= 11 is 0. The third-order valence-corrected chi connectivity index (χ3v) is 4.52. The lowest BCUT2D eigenvalue weighted by Crippen LogP contribution is -2.44. The molecule has 126 valence electrons. The molecule has 7 nitrogen and oxygen atoms in total. The molecule has 0 spiro atoms. The molecule has 24 heavy (non-hydrogen) atoms. The van der Waals surface area contributed by atoms with Gasteiger partial charge in [0.2, 0.25) is 0 Å². The average Bonchev–Trinajstić information content (AvgIpc) is 3.36. The molecule has 3 heterocycles. The van der Waals surface area contributed by atoms with Crippen molar-refractivity contribution >= 4 is 11.7 Å². The standard InChI is InChI=1S/C17H21N5O2/c23-17(20-13-6-8-24-15(9-13)12-4-5-12)21-14-10-19-22(11-14)16-3-1-2-7-18-16/h1-3,7,10-13,15H,4-6,8-9H2,(H2,20,21,23)/t13-,15-/m0/s1. The Morgan fingerprint density at radius 3 is 3.00 bits per heavy atom. The molecular weight excluding hydrogens is 306 g/mol. The van der Waals surface area contributed by atoms with Crippen LogP contribution in [-0.4, -0.2) is 39.5 Å². The minimum Gasteiger partial charge on any atom is -0.378 e. The van der Waals surface area contributed by atoms with Gasteiger partial charge in [0.05, 0.1) is 24.2 Å². The molecule has 2 fully saturated rings. The van der Waals surface area contributed by atoms with Crippen molar-refractivity contribution in [2.45, 2.75) is 37.8 Å². The van der Waals surface area contributed by atoms with Crippen LogP contribution in [0.4, 0.5) is 10.5 Å². The average molecular weight is 327 g/mol. The van der Waals surface area contributed by atoms with E-state index in [1.807, 2.05) is 18.2 Å². The Morgan fingerprint density at radius 1 is 1.29 bits per heavy atom. The molecule has 2 atom stereocenters. The topological polar surface area (TPSA) is 81.1 Å². The number of amides is 2. The van der Waals surface area contributed by atoms with E-state index in [9.17, 15) is 4.79 Å². The first-order valence-electron chi connectivity index (χ1n) is 8.43. The molecule has 2 aromatic heterocycles. The van der Waals surface area contributed by atoms with Gasteiger partial charge in [-0.1, -0.05) is 6.07 Å². The minimum absolute atomic E-state index is 0.176. The summed E-state index contributed by atoms with van der Waals surface area (Å²) in [6, 6.07) is 5.58. The summed E-state index contributed by atoms with van der Waals surface area (Å²) in [5.74, 6) is 1.41. The van der Waals surface area contributed by atoms with Gasteiger partial charge in [-0.05, 0) is 43.7 Å². The van der Waals surface area contributed by atoms with Gasteiger partial charge in [-0.25, -0.2) is 14.5 Å². The molecule has 1 aliphatic carbocycles. The predicted octanol–water partition coefficient (Wildman–Crippen LogP) is 2.35. The number of ether oxygens (including phenoxy) is 1. The van der Waals surface area contributed by atoms with Crippen LogP contribution in [0, 0.1) is 5.92 Å². The summed E-state index contributed by atoms with van der Waals surface area (Å²) in [7, 11) is 0. The van der Waals surface area contributed by atoms with Crippen LogP contribution < -0.4 is 10.6 Å². The van der Waals surface area contributed by atoms with Crippen molar-refractivity contribution < 1.29 is 9.53 Å². The zero-order valence-corrected chi connectivity index (χ0v) is 13.4. The van der Waals surface area contributed by atoms with E-state index in [1.165, 1.54) is 12.8 Å². The van der Waals surface area contributed by atoms with E-state index in [4.69, 9.17) is 4.74 Å². The van der Waals surface area contributed by atoms with E-state index in [-0.39, 0.29) is 12.1 Å². The molecule has 0 unspecified atom stereocenters. The highest BCUT2D eigenvalue weighted by molar-refractivity contribution is 5.89. The molecule has 1 saturated carbocycles. The number of pyridine rings is 1. The largest absolute Gasteiger partial charge is 0.378 e. The summed E-state index contributed by atoms with van der Waals surface area (Å²) in [4.78, 5) is 16.4. The minimum atomic E-state index is -0.197. The van der Waals surface area contributed by atoms with Gasteiger partial charge in [0.15, 0.2) is 5.82 Å². The van der Waals surface area contributed by atoms with Gasteiger partial charge < -0.3 is 15.4 Å². The first kappa shape index (κ1) is 15.1. The highest BCUT2D eigenvalue weighted by atomic mass is 16.5. The van der Waals surface area contributed by atoms with Crippen molar-refractivity contribution in [3.8, 4) is 5.82 Å². The number of anilines is 1. The zero-order valence-electron chi connectivity index (χ0n) is 13.4. The van der Waals surface area contributed by atoms with Gasteiger partial charge in [-0.15, -0.1) is 0 Å². The molecule has 4 rings (SSSR count). The summed E-state index contributed by atoms with van der Waals surface area (Å²) in [5, 5.41) is 10.1. The van der Waals surface area contributed by atoms with Crippen molar-refractivity contribution in [3.63, 3.8) is 0 Å². The number of hydrogen-bond acceptors (Lipinski definition) is 4. The van der Waals surface area contributed by atoms with Gasteiger partial charge in [-0.3, -0.25) is 0 Å². The van der Waals surface area contributed by atoms with Crippen molar-refractivity contribution in [3.05, 3.63) is 36.8 Å². The number of carbonyl (C=O) groups excluding carboxylic acids is 1. The lowest BCUT2D eigenvalue weighted by Gasteiger charge is -2.30. The lowest BCUT2D eigenvalue weighted by atomic mass is 10.0. The number of carbonyl (C=O) groups is 1. The van der Waals surface area contributed by atoms with Gasteiger partial charge in [0.25, 0.3) is 0 Å². The molecule has 7 heteroatoms. The van der Waals surface area contributed by atoms with E-state index < -0.39 is 0 Å². The van der Waals surface area contributed by atoms with E-state index >= 15 is 0 Å². The maximum atomic E-state index is 12.2. The molecule has 2 amide bonds. The first-order valence-corrected chi connectivity index (χ1v) is 8.43. The highest BCUT2D eigenvalue weighted by Gasteiger charge is 2.36. The molecule has 2 N–H and O–H groups in total. The molecule has 1 aliphatic heterocycles. The van der Waals surface area contributed by atoms with Crippen molar-refractivity contribution in [1.29, 1.82) is 0 Å². The maximum absolute atomic E-state index is 12.2. The second-order valence-corrected chi connectivity index (χ2v) is 6.43. The Kier molecular flexibility index (Phi) is 4.17. The Morgan fingerprint density at radius 2 is 2.21 bits per heavy atom. The molecule has 0 radical (unpaired) electrons. The van der Waals surface area contributed by atoms with Crippen molar-refractivity contribution in [2.24, 2.45) is 5.92 Å². The molecule has 2 aromatic rings. The van der Waals surface area contributed by atoms with E-state index in [0.717, 1.165) is 19.4 Å². The highest BCUT2D eigenvalue weighted by Crippen LogP contribution is 2.38. The molecular formula is C17H21N5O2.